The maximum atomic E-state index is 12.7. The first-order valence-corrected chi connectivity index (χ1v) is 11.6. The van der Waals surface area contributed by atoms with E-state index in [1.165, 1.54) is 58.1 Å². The molecule has 0 aliphatic carbocycles. The summed E-state index contributed by atoms with van der Waals surface area (Å²) >= 11 is 0. The zero-order valence-electron chi connectivity index (χ0n) is 17.8. The van der Waals surface area contributed by atoms with Crippen LogP contribution in [0.25, 0.3) is 11.2 Å². The van der Waals surface area contributed by atoms with Gasteiger partial charge in [0.15, 0.2) is 11.2 Å². The number of piperidine rings is 1. The molecule has 0 unspecified atom stereocenters. The van der Waals surface area contributed by atoms with Gasteiger partial charge in [0.25, 0.3) is 5.56 Å². The molecule has 32 heavy (non-hydrogen) atoms. The Kier molecular flexibility index (Phi) is 5.73. The van der Waals surface area contributed by atoms with Crippen LogP contribution in [0.4, 0.5) is 5.69 Å². The molecule has 3 heterocycles. The third-order valence-electron chi connectivity index (χ3n) is 5.62. The molecule has 1 aromatic carbocycles. The number of anilines is 1. The topological polar surface area (TPSA) is 128 Å². The second-order valence-electron chi connectivity index (χ2n) is 7.79. The van der Waals surface area contributed by atoms with Crippen LogP contribution in [0, 0.1) is 0 Å². The number of amides is 1. The number of benzene rings is 1. The van der Waals surface area contributed by atoms with E-state index >= 15 is 0 Å². The van der Waals surface area contributed by atoms with Crippen molar-refractivity contribution in [3.05, 3.63) is 51.4 Å². The molecule has 1 amide bonds. The first-order valence-electron chi connectivity index (χ1n) is 10.2. The van der Waals surface area contributed by atoms with Gasteiger partial charge in [-0.05, 0) is 37.1 Å². The highest BCUT2D eigenvalue weighted by atomic mass is 32.2. The van der Waals surface area contributed by atoms with E-state index in [4.69, 9.17) is 0 Å². The Balaban J connectivity index is 1.51. The molecule has 0 saturated carbocycles. The van der Waals surface area contributed by atoms with Crippen molar-refractivity contribution in [2.24, 2.45) is 14.1 Å². The number of sulfonamides is 1. The second kappa shape index (κ2) is 8.36. The molecule has 0 spiro atoms. The van der Waals surface area contributed by atoms with E-state index in [2.05, 4.69) is 10.3 Å². The predicted octanol–water partition coefficient (Wildman–Crippen LogP) is 0.247. The predicted molar refractivity (Wildman–Crippen MR) is 118 cm³/mol. The molecule has 1 aliphatic heterocycles. The molecular formula is C20H24N6O5S. The quantitative estimate of drug-likeness (QED) is 0.581. The minimum absolute atomic E-state index is 0.146. The van der Waals surface area contributed by atoms with Crippen LogP contribution in [0.1, 0.15) is 19.3 Å². The van der Waals surface area contributed by atoms with E-state index in [-0.39, 0.29) is 22.6 Å². The molecule has 3 aromatic rings. The fraction of sp³-hybridized carbons (Fsp3) is 0.400. The molecule has 11 nitrogen and oxygen atoms in total. The number of nitrogens with one attached hydrogen (secondary N) is 1. The summed E-state index contributed by atoms with van der Waals surface area (Å²) in [6, 6.07) is 6.00. The van der Waals surface area contributed by atoms with Gasteiger partial charge in [-0.2, -0.15) is 4.31 Å². The lowest BCUT2D eigenvalue weighted by molar-refractivity contribution is -0.116. The van der Waals surface area contributed by atoms with Crippen molar-refractivity contribution in [2.45, 2.75) is 30.7 Å². The van der Waals surface area contributed by atoms with E-state index < -0.39 is 27.2 Å². The van der Waals surface area contributed by atoms with Crippen LogP contribution in [-0.4, -0.2) is 50.4 Å². The smallest absolute Gasteiger partial charge is 0.325 e. The maximum Gasteiger partial charge on any atom is 0.332 e. The van der Waals surface area contributed by atoms with Gasteiger partial charge < -0.3 is 9.88 Å². The zero-order chi connectivity index (χ0) is 23.0. The number of imidazole rings is 1. The molecule has 0 radical (unpaired) electrons. The van der Waals surface area contributed by atoms with E-state index in [9.17, 15) is 22.8 Å². The van der Waals surface area contributed by atoms with Gasteiger partial charge in [0.2, 0.25) is 15.9 Å². The Bertz CT molecular complexity index is 1400. The normalized spacial score (nSPS) is 15.2. The Morgan fingerprint density at radius 3 is 2.34 bits per heavy atom. The van der Waals surface area contributed by atoms with Crippen molar-refractivity contribution >= 4 is 32.8 Å². The molecular weight excluding hydrogens is 436 g/mol. The Labute approximate surface area is 184 Å². The van der Waals surface area contributed by atoms with Gasteiger partial charge in [-0.25, -0.2) is 18.2 Å². The van der Waals surface area contributed by atoms with Crippen molar-refractivity contribution in [2.75, 3.05) is 18.4 Å². The average Bonchev–Trinajstić information content (AvgIpc) is 3.20. The van der Waals surface area contributed by atoms with Crippen LogP contribution in [0.5, 0.6) is 0 Å². The third-order valence-corrected chi connectivity index (χ3v) is 7.53. The molecule has 12 heteroatoms. The number of carbonyl (C=O) groups is 1. The van der Waals surface area contributed by atoms with Gasteiger partial charge in [0.05, 0.1) is 11.2 Å². The van der Waals surface area contributed by atoms with Crippen molar-refractivity contribution < 1.29 is 13.2 Å². The standard InChI is InChI=1S/C20H24N6O5S/c1-23-18-17(19(28)24(2)20(23)29)25(13-21-18)12-16(27)22-14-6-8-15(9-7-14)32(30,31)26-10-4-3-5-11-26/h6-9,13H,3-5,10-12H2,1-2H3,(H,22,27). The molecule has 0 bridgehead atoms. The first kappa shape index (κ1) is 22.0. The summed E-state index contributed by atoms with van der Waals surface area (Å²) in [5.41, 5.74) is -0.277. The first-order chi connectivity index (χ1) is 15.2. The molecule has 4 rings (SSSR count). The third kappa shape index (κ3) is 3.86. The highest BCUT2D eigenvalue weighted by molar-refractivity contribution is 7.89. The SMILES string of the molecule is Cn1c(=O)c2c(ncn2CC(=O)Nc2ccc(S(=O)(=O)N3CCCCC3)cc2)n(C)c1=O. The summed E-state index contributed by atoms with van der Waals surface area (Å²) < 4.78 is 30.5. The van der Waals surface area contributed by atoms with Crippen molar-refractivity contribution in [3.8, 4) is 0 Å². The van der Waals surface area contributed by atoms with E-state index in [1.807, 2.05) is 0 Å². The fourth-order valence-corrected chi connectivity index (χ4v) is 5.35. The lowest BCUT2D eigenvalue weighted by Crippen LogP contribution is -2.37. The number of rotatable bonds is 5. The lowest BCUT2D eigenvalue weighted by atomic mass is 10.2. The molecule has 2 aromatic heterocycles. The number of hydrogen-bond acceptors (Lipinski definition) is 6. The summed E-state index contributed by atoms with van der Waals surface area (Å²) in [6.45, 7) is 0.841. The van der Waals surface area contributed by atoms with Gasteiger partial charge in [0.1, 0.15) is 6.54 Å². The van der Waals surface area contributed by atoms with E-state index in [0.717, 1.165) is 23.8 Å². The van der Waals surface area contributed by atoms with E-state index in [1.54, 1.807) is 0 Å². The van der Waals surface area contributed by atoms with Gasteiger partial charge in [-0.15, -0.1) is 0 Å². The van der Waals surface area contributed by atoms with Crippen LogP contribution in [0.15, 0.2) is 45.1 Å². The minimum Gasteiger partial charge on any atom is -0.325 e. The summed E-state index contributed by atoms with van der Waals surface area (Å²) in [5, 5.41) is 2.69. The van der Waals surface area contributed by atoms with Crippen LogP contribution < -0.4 is 16.6 Å². The summed E-state index contributed by atoms with van der Waals surface area (Å²) in [5.74, 6) is -0.424. The maximum absolute atomic E-state index is 12.7. The largest absolute Gasteiger partial charge is 0.332 e. The zero-order valence-corrected chi connectivity index (χ0v) is 18.6. The molecule has 1 fully saturated rings. The van der Waals surface area contributed by atoms with Gasteiger partial charge in [0, 0.05) is 32.9 Å². The lowest BCUT2D eigenvalue weighted by Gasteiger charge is -2.25. The fourth-order valence-electron chi connectivity index (χ4n) is 3.84. The van der Waals surface area contributed by atoms with Crippen LogP contribution >= 0.6 is 0 Å². The Morgan fingerprint density at radius 1 is 1.03 bits per heavy atom. The molecule has 1 aliphatic rings. The van der Waals surface area contributed by atoms with Gasteiger partial charge >= 0.3 is 5.69 Å². The number of aryl methyl sites for hydroxylation is 1. The van der Waals surface area contributed by atoms with Crippen LogP contribution in [0.2, 0.25) is 0 Å². The van der Waals surface area contributed by atoms with Crippen molar-refractivity contribution in [3.63, 3.8) is 0 Å². The van der Waals surface area contributed by atoms with E-state index in [0.29, 0.717) is 18.8 Å². The highest BCUT2D eigenvalue weighted by Gasteiger charge is 2.25. The second-order valence-corrected chi connectivity index (χ2v) is 9.73. The number of carbonyl (C=O) groups excluding carboxylic acids is 1. The van der Waals surface area contributed by atoms with Crippen molar-refractivity contribution in [1.29, 1.82) is 0 Å². The molecule has 1 saturated heterocycles. The number of nitrogens with zero attached hydrogens (tertiary/aromatic N) is 5. The summed E-state index contributed by atoms with van der Waals surface area (Å²) in [4.78, 5) is 41.3. The monoisotopic (exact) mass is 460 g/mol. The van der Waals surface area contributed by atoms with Crippen LogP contribution in [0.3, 0.4) is 0 Å². The summed E-state index contributed by atoms with van der Waals surface area (Å²) in [6.07, 6.45) is 4.08. The molecule has 170 valence electrons. The molecule has 1 N–H and O–H groups in total. The van der Waals surface area contributed by atoms with Crippen molar-refractivity contribution in [1.82, 2.24) is 23.0 Å². The average molecular weight is 461 g/mol. The highest BCUT2D eigenvalue weighted by Crippen LogP contribution is 2.22. The van der Waals surface area contributed by atoms with Gasteiger partial charge in [-0.3, -0.25) is 18.7 Å². The Hall–Kier alpha value is -3.25. The number of hydrogen-bond donors (Lipinski definition) is 1. The number of fused-ring (bicyclic) bond motifs is 1. The molecule has 0 atom stereocenters. The minimum atomic E-state index is -3.55. The number of aromatic nitrogens is 4. The van der Waals surface area contributed by atoms with Gasteiger partial charge in [-0.1, -0.05) is 6.42 Å². The Morgan fingerprint density at radius 2 is 1.69 bits per heavy atom. The van der Waals surface area contributed by atoms with Crippen LogP contribution in [-0.2, 0) is 35.5 Å². The summed E-state index contributed by atoms with van der Waals surface area (Å²) in [7, 11) is -0.683.